The Kier molecular flexibility index (Phi) is 8.64. The van der Waals surface area contributed by atoms with Crippen LogP contribution >= 0.6 is 23.4 Å². The molecule has 1 atom stereocenters. The van der Waals surface area contributed by atoms with Crippen LogP contribution in [0.1, 0.15) is 44.4 Å². The second-order valence-corrected chi connectivity index (χ2v) is 10.4. The van der Waals surface area contributed by atoms with Crippen LogP contribution in [0.2, 0.25) is 5.02 Å². The summed E-state index contributed by atoms with van der Waals surface area (Å²) in [4.78, 5) is 29.7. The number of halogens is 1. The van der Waals surface area contributed by atoms with Crippen molar-refractivity contribution in [2.45, 2.75) is 11.7 Å². The second kappa shape index (κ2) is 12.1. The van der Waals surface area contributed by atoms with Crippen molar-refractivity contribution < 1.29 is 14.7 Å². The zero-order valence-corrected chi connectivity index (χ0v) is 22.2. The van der Waals surface area contributed by atoms with Gasteiger partial charge in [0.2, 0.25) is 5.91 Å². The molecule has 0 fully saturated rings. The fourth-order valence-corrected chi connectivity index (χ4v) is 5.26. The van der Waals surface area contributed by atoms with Gasteiger partial charge in [-0.3, -0.25) is 4.79 Å². The van der Waals surface area contributed by atoms with E-state index >= 15 is 0 Å². The minimum Gasteiger partial charge on any atom is -0.478 e. The Morgan fingerprint density at radius 2 is 1.73 bits per heavy atom. The Bertz CT molecular complexity index is 1450. The highest BCUT2D eigenvalue weighted by molar-refractivity contribution is 7.99. The molecule has 4 rings (SSSR count). The van der Waals surface area contributed by atoms with E-state index in [1.54, 1.807) is 42.9 Å². The Balaban J connectivity index is 1.59. The number of aromatic nitrogens is 1. The summed E-state index contributed by atoms with van der Waals surface area (Å²) in [6.07, 6.45) is 4.42. The third kappa shape index (κ3) is 7.00. The molecule has 1 amide bonds. The number of rotatable bonds is 9. The Morgan fingerprint density at radius 1 is 0.973 bits per heavy atom. The predicted octanol–water partition coefficient (Wildman–Crippen LogP) is 7.06. The number of benzene rings is 3. The van der Waals surface area contributed by atoms with Gasteiger partial charge in [-0.1, -0.05) is 66.2 Å². The summed E-state index contributed by atoms with van der Waals surface area (Å²) < 4.78 is 0. The topological polar surface area (TPSA) is 70.5 Å². The molecule has 37 heavy (non-hydrogen) atoms. The van der Waals surface area contributed by atoms with Crippen LogP contribution in [0.25, 0.3) is 23.1 Å². The van der Waals surface area contributed by atoms with Crippen molar-refractivity contribution in [3.8, 4) is 0 Å². The second-order valence-electron chi connectivity index (χ2n) is 8.79. The number of pyridine rings is 1. The first-order valence-electron chi connectivity index (χ1n) is 11.8. The number of amides is 1. The van der Waals surface area contributed by atoms with Crippen LogP contribution in [0, 0.1) is 0 Å². The van der Waals surface area contributed by atoms with Crippen LogP contribution in [0.5, 0.6) is 0 Å². The maximum Gasteiger partial charge on any atom is 0.335 e. The number of thioether (sulfide) groups is 1. The molecule has 3 aromatic carbocycles. The highest BCUT2D eigenvalue weighted by Gasteiger charge is 2.17. The van der Waals surface area contributed by atoms with E-state index in [1.165, 1.54) is 0 Å². The highest BCUT2D eigenvalue weighted by Crippen LogP contribution is 2.37. The maximum absolute atomic E-state index is 12.1. The van der Waals surface area contributed by atoms with Crippen molar-refractivity contribution in [2.75, 3.05) is 19.8 Å². The van der Waals surface area contributed by atoms with Gasteiger partial charge in [-0.2, -0.15) is 0 Å². The number of nitrogens with zero attached hydrogens (tertiary/aromatic N) is 2. The van der Waals surface area contributed by atoms with Gasteiger partial charge in [-0.05, 0) is 53.1 Å². The van der Waals surface area contributed by atoms with E-state index in [4.69, 9.17) is 16.6 Å². The molecule has 0 aliphatic heterocycles. The van der Waals surface area contributed by atoms with Gasteiger partial charge in [-0.15, -0.1) is 11.8 Å². The number of fused-ring (bicyclic) bond motifs is 1. The number of carboxylic acids is 1. The lowest BCUT2D eigenvalue weighted by molar-refractivity contribution is -0.128. The molecule has 0 bridgehead atoms. The zero-order chi connectivity index (χ0) is 26.4. The van der Waals surface area contributed by atoms with E-state index in [0.717, 1.165) is 33.3 Å². The van der Waals surface area contributed by atoms with E-state index in [9.17, 15) is 14.7 Å². The van der Waals surface area contributed by atoms with E-state index in [-0.39, 0.29) is 16.7 Å². The zero-order valence-electron chi connectivity index (χ0n) is 20.6. The molecule has 0 aliphatic carbocycles. The van der Waals surface area contributed by atoms with Crippen molar-refractivity contribution in [3.63, 3.8) is 0 Å². The number of hydrogen-bond donors (Lipinski definition) is 1. The predicted molar refractivity (Wildman–Crippen MR) is 153 cm³/mol. The van der Waals surface area contributed by atoms with Crippen LogP contribution in [0.3, 0.4) is 0 Å². The number of carbonyl (C=O) groups excluding carboxylic acids is 1. The SMILES string of the molecule is CN(C)C(=O)CCSC(c1ccc(C(=O)O)cc1)c1cccc(C=Cc2ccc3ccc(Cl)cc3n2)c1. The van der Waals surface area contributed by atoms with Gasteiger partial charge in [0.25, 0.3) is 0 Å². The molecule has 1 N–H and O–H groups in total. The van der Waals surface area contributed by atoms with Crippen molar-refractivity contribution >= 4 is 58.3 Å². The smallest absolute Gasteiger partial charge is 0.335 e. The fraction of sp³-hybridized carbons (Fsp3) is 0.167. The average molecular weight is 531 g/mol. The summed E-state index contributed by atoms with van der Waals surface area (Å²) in [6, 6.07) is 24.8. The van der Waals surface area contributed by atoms with Crippen LogP contribution in [-0.4, -0.2) is 46.7 Å². The molecule has 7 heteroatoms. The van der Waals surface area contributed by atoms with Gasteiger partial charge < -0.3 is 10.0 Å². The molecular formula is C30H27ClN2O3S. The van der Waals surface area contributed by atoms with Crippen LogP contribution < -0.4 is 0 Å². The van der Waals surface area contributed by atoms with Crippen molar-refractivity contribution in [2.24, 2.45) is 0 Å². The Morgan fingerprint density at radius 3 is 2.46 bits per heavy atom. The van der Waals surface area contributed by atoms with E-state index < -0.39 is 5.97 Å². The standard InChI is InChI=1S/C30H27ClN2O3S/c1-33(2)28(34)16-17-37-29(22-7-9-23(10-8-22)30(35)36)24-5-3-4-20(18-24)6-14-26-15-12-21-11-13-25(31)19-27(21)32-26/h3-15,18-19,29H,16-17H2,1-2H3,(H,35,36). The number of aromatic carboxylic acids is 1. The largest absolute Gasteiger partial charge is 0.478 e. The van der Waals surface area contributed by atoms with Gasteiger partial charge in [0.05, 0.1) is 22.0 Å². The first-order valence-corrected chi connectivity index (χ1v) is 13.2. The molecule has 4 aromatic rings. The van der Waals surface area contributed by atoms with E-state index in [2.05, 4.69) is 12.1 Å². The summed E-state index contributed by atoms with van der Waals surface area (Å²) >= 11 is 7.79. The molecule has 0 saturated carbocycles. The highest BCUT2D eigenvalue weighted by atomic mass is 35.5. The lowest BCUT2D eigenvalue weighted by Crippen LogP contribution is -2.22. The van der Waals surface area contributed by atoms with Crippen molar-refractivity contribution in [1.82, 2.24) is 9.88 Å². The van der Waals surface area contributed by atoms with Gasteiger partial charge in [0.1, 0.15) is 0 Å². The molecule has 0 aliphatic rings. The molecule has 1 aromatic heterocycles. The minimum atomic E-state index is -0.955. The summed E-state index contributed by atoms with van der Waals surface area (Å²) in [5, 5.41) is 10.9. The normalized spacial score (nSPS) is 12.1. The van der Waals surface area contributed by atoms with Crippen molar-refractivity contribution in [3.05, 3.63) is 112 Å². The lowest BCUT2D eigenvalue weighted by atomic mass is 10.0. The molecule has 188 valence electrons. The van der Waals surface area contributed by atoms with Crippen LogP contribution in [0.15, 0.2) is 78.9 Å². The lowest BCUT2D eigenvalue weighted by Gasteiger charge is -2.19. The monoisotopic (exact) mass is 530 g/mol. The minimum absolute atomic E-state index is 0.0490. The quantitative estimate of drug-likeness (QED) is 0.251. The summed E-state index contributed by atoms with van der Waals surface area (Å²) in [5.41, 5.74) is 5.00. The average Bonchev–Trinajstić information content (AvgIpc) is 2.89. The number of hydrogen-bond acceptors (Lipinski definition) is 4. The molecule has 1 heterocycles. The Labute approximate surface area is 225 Å². The van der Waals surface area contributed by atoms with Crippen LogP contribution in [-0.2, 0) is 4.79 Å². The molecule has 5 nitrogen and oxygen atoms in total. The van der Waals surface area contributed by atoms with Gasteiger partial charge >= 0.3 is 5.97 Å². The summed E-state index contributed by atoms with van der Waals surface area (Å²) in [7, 11) is 3.51. The fourth-order valence-electron chi connectivity index (χ4n) is 3.88. The maximum atomic E-state index is 12.1. The first kappa shape index (κ1) is 26.5. The molecular weight excluding hydrogens is 504 g/mol. The van der Waals surface area contributed by atoms with Gasteiger partial charge in [-0.25, -0.2) is 9.78 Å². The number of carboxylic acid groups (broad SMARTS) is 1. The molecule has 1 unspecified atom stereocenters. The molecule has 0 spiro atoms. The third-order valence-corrected chi connectivity index (χ3v) is 7.45. The van der Waals surface area contributed by atoms with Crippen molar-refractivity contribution in [1.29, 1.82) is 0 Å². The number of carbonyl (C=O) groups is 2. The van der Waals surface area contributed by atoms with Gasteiger partial charge in [0, 0.05) is 36.7 Å². The molecule has 0 saturated heterocycles. The Hall–Kier alpha value is -3.61. The first-order chi connectivity index (χ1) is 17.8. The summed E-state index contributed by atoms with van der Waals surface area (Å²) in [6.45, 7) is 0. The van der Waals surface area contributed by atoms with E-state index in [0.29, 0.717) is 17.2 Å². The molecule has 0 radical (unpaired) electrons. The van der Waals surface area contributed by atoms with Gasteiger partial charge in [0.15, 0.2) is 0 Å². The summed E-state index contributed by atoms with van der Waals surface area (Å²) in [5.74, 6) is -0.233. The van der Waals surface area contributed by atoms with Crippen LogP contribution in [0.4, 0.5) is 0 Å². The third-order valence-electron chi connectivity index (χ3n) is 5.90. The van der Waals surface area contributed by atoms with E-state index in [1.807, 2.05) is 66.7 Å².